The monoisotopic (exact) mass is 345 g/mol. The fraction of sp³-hybridized carbons (Fsp3) is 0.471. The fourth-order valence-electron chi connectivity index (χ4n) is 2.69. The third-order valence-electron chi connectivity index (χ3n) is 4.08. The van der Waals surface area contributed by atoms with E-state index in [0.717, 1.165) is 37.6 Å². The maximum absolute atomic E-state index is 12.6. The van der Waals surface area contributed by atoms with Gasteiger partial charge in [-0.2, -0.15) is 0 Å². The number of carbonyl (C=O) groups is 1. The van der Waals surface area contributed by atoms with Crippen LogP contribution >= 0.6 is 0 Å². The number of furan rings is 1. The van der Waals surface area contributed by atoms with Gasteiger partial charge in [0.05, 0.1) is 25.3 Å². The van der Waals surface area contributed by atoms with Crippen LogP contribution in [-0.2, 0) is 17.8 Å². The first-order valence-corrected chi connectivity index (χ1v) is 8.27. The van der Waals surface area contributed by atoms with Crippen molar-refractivity contribution in [1.82, 2.24) is 19.8 Å². The summed E-state index contributed by atoms with van der Waals surface area (Å²) in [5.41, 5.74) is 1.42. The Balaban J connectivity index is 1.57. The first-order chi connectivity index (χ1) is 12.2. The molecule has 8 heteroatoms. The van der Waals surface area contributed by atoms with Crippen molar-refractivity contribution in [3.63, 3.8) is 0 Å². The molecule has 0 aromatic carbocycles. The van der Waals surface area contributed by atoms with Gasteiger partial charge in [-0.25, -0.2) is 9.97 Å². The van der Waals surface area contributed by atoms with E-state index in [4.69, 9.17) is 9.15 Å². The van der Waals surface area contributed by atoms with Gasteiger partial charge < -0.3 is 19.4 Å². The molecule has 1 aliphatic heterocycles. The molecule has 1 N–H and O–H groups in total. The zero-order chi connectivity index (χ0) is 17.6. The number of hydrogen-bond donors (Lipinski definition) is 1. The van der Waals surface area contributed by atoms with Crippen LogP contribution in [0.2, 0.25) is 0 Å². The van der Waals surface area contributed by atoms with Crippen LogP contribution in [0.1, 0.15) is 21.7 Å². The largest absolute Gasteiger partial charge is 0.467 e. The molecule has 0 bridgehead atoms. The maximum atomic E-state index is 12.6. The zero-order valence-corrected chi connectivity index (χ0v) is 14.6. The molecule has 1 fully saturated rings. The highest BCUT2D eigenvalue weighted by molar-refractivity contribution is 5.93. The summed E-state index contributed by atoms with van der Waals surface area (Å²) in [6.07, 6.45) is 4.94. The molecule has 2 aromatic heterocycles. The Morgan fingerprint density at radius 3 is 2.72 bits per heavy atom. The van der Waals surface area contributed by atoms with Gasteiger partial charge in [0.25, 0.3) is 5.91 Å². The molecule has 25 heavy (non-hydrogen) atoms. The van der Waals surface area contributed by atoms with E-state index in [0.29, 0.717) is 24.6 Å². The van der Waals surface area contributed by atoms with Gasteiger partial charge in [-0.05, 0) is 6.07 Å². The summed E-state index contributed by atoms with van der Waals surface area (Å²) in [5.74, 6) is 1.26. The highest BCUT2D eigenvalue weighted by Crippen LogP contribution is 2.14. The van der Waals surface area contributed by atoms with E-state index in [1.54, 1.807) is 31.4 Å². The minimum atomic E-state index is -0.0883. The van der Waals surface area contributed by atoms with Crippen molar-refractivity contribution in [2.45, 2.75) is 13.1 Å². The van der Waals surface area contributed by atoms with Gasteiger partial charge in [0.15, 0.2) is 0 Å². The van der Waals surface area contributed by atoms with Crippen LogP contribution in [0.15, 0.2) is 29.1 Å². The zero-order valence-electron chi connectivity index (χ0n) is 14.6. The molecule has 3 rings (SSSR count). The molecule has 0 unspecified atom stereocenters. The smallest absolute Gasteiger partial charge is 0.257 e. The fourth-order valence-corrected chi connectivity index (χ4v) is 2.69. The lowest BCUT2D eigenvalue weighted by Gasteiger charge is -2.25. The number of nitrogens with one attached hydrogen (secondary N) is 1. The quantitative estimate of drug-likeness (QED) is 0.842. The molecule has 1 saturated heterocycles. The van der Waals surface area contributed by atoms with Gasteiger partial charge >= 0.3 is 0 Å². The molecule has 0 atom stereocenters. The third kappa shape index (κ3) is 4.55. The minimum Gasteiger partial charge on any atom is -0.467 e. The predicted molar refractivity (Wildman–Crippen MR) is 92.2 cm³/mol. The van der Waals surface area contributed by atoms with Crippen LogP contribution in [-0.4, -0.2) is 66.1 Å². The Bertz CT molecular complexity index is 695. The maximum Gasteiger partial charge on any atom is 0.257 e. The van der Waals surface area contributed by atoms with E-state index in [9.17, 15) is 4.79 Å². The van der Waals surface area contributed by atoms with Crippen LogP contribution in [0.3, 0.4) is 0 Å². The van der Waals surface area contributed by atoms with Crippen molar-refractivity contribution in [1.29, 1.82) is 0 Å². The number of anilines is 1. The number of morpholine rings is 1. The average molecular weight is 345 g/mol. The summed E-state index contributed by atoms with van der Waals surface area (Å²) < 4.78 is 10.9. The van der Waals surface area contributed by atoms with Crippen LogP contribution in [0.4, 0.5) is 5.95 Å². The lowest BCUT2D eigenvalue weighted by Crippen LogP contribution is -2.35. The van der Waals surface area contributed by atoms with Crippen molar-refractivity contribution >= 4 is 11.9 Å². The molecular weight excluding hydrogens is 322 g/mol. The topological polar surface area (TPSA) is 83.7 Å². The van der Waals surface area contributed by atoms with E-state index in [1.807, 2.05) is 6.07 Å². The van der Waals surface area contributed by atoms with Crippen molar-refractivity contribution < 1.29 is 13.9 Å². The molecule has 2 aromatic rings. The Morgan fingerprint density at radius 1 is 1.32 bits per heavy atom. The molecule has 0 saturated carbocycles. The van der Waals surface area contributed by atoms with Crippen molar-refractivity contribution in [2.75, 3.05) is 45.7 Å². The van der Waals surface area contributed by atoms with Gasteiger partial charge in [0, 0.05) is 51.7 Å². The van der Waals surface area contributed by atoms with E-state index in [2.05, 4.69) is 20.2 Å². The Hall–Kier alpha value is -2.45. The lowest BCUT2D eigenvalue weighted by atomic mass is 10.2. The first-order valence-electron chi connectivity index (χ1n) is 8.27. The summed E-state index contributed by atoms with van der Waals surface area (Å²) in [4.78, 5) is 24.7. The van der Waals surface area contributed by atoms with Crippen molar-refractivity contribution in [3.8, 4) is 0 Å². The summed E-state index contributed by atoms with van der Waals surface area (Å²) in [6.45, 7) is 4.37. The number of hydrogen-bond acceptors (Lipinski definition) is 7. The second kappa shape index (κ2) is 8.09. The van der Waals surface area contributed by atoms with Crippen LogP contribution in [0.5, 0.6) is 0 Å². The molecule has 134 valence electrons. The SMILES string of the molecule is CNc1ncc(CN(C)C(=O)c2coc(CN3CCOCC3)c2)cn1. The summed E-state index contributed by atoms with van der Waals surface area (Å²) in [5, 5.41) is 2.87. The average Bonchev–Trinajstić information content (AvgIpc) is 3.11. The van der Waals surface area contributed by atoms with Gasteiger partial charge in [0.2, 0.25) is 5.95 Å². The predicted octanol–water partition coefficient (Wildman–Crippen LogP) is 1.22. The number of rotatable bonds is 6. The molecule has 0 radical (unpaired) electrons. The second-order valence-corrected chi connectivity index (χ2v) is 6.02. The number of amides is 1. The Morgan fingerprint density at radius 2 is 2.04 bits per heavy atom. The molecule has 1 aliphatic rings. The van der Waals surface area contributed by atoms with E-state index >= 15 is 0 Å². The molecule has 3 heterocycles. The Labute approximate surface area is 146 Å². The minimum absolute atomic E-state index is 0.0883. The molecule has 0 spiro atoms. The lowest BCUT2D eigenvalue weighted by molar-refractivity contribution is 0.0313. The van der Waals surface area contributed by atoms with Gasteiger partial charge in [-0.1, -0.05) is 0 Å². The number of aromatic nitrogens is 2. The van der Waals surface area contributed by atoms with Gasteiger partial charge in [-0.3, -0.25) is 9.69 Å². The van der Waals surface area contributed by atoms with Crippen molar-refractivity contribution in [3.05, 3.63) is 41.6 Å². The van der Waals surface area contributed by atoms with E-state index in [1.165, 1.54) is 6.26 Å². The summed E-state index contributed by atoms with van der Waals surface area (Å²) in [6, 6.07) is 1.81. The number of carbonyl (C=O) groups excluding carboxylic acids is 1. The number of nitrogens with zero attached hydrogens (tertiary/aromatic N) is 4. The highest BCUT2D eigenvalue weighted by atomic mass is 16.5. The van der Waals surface area contributed by atoms with Gasteiger partial charge in [0.1, 0.15) is 12.0 Å². The van der Waals surface area contributed by atoms with Gasteiger partial charge in [-0.15, -0.1) is 0 Å². The van der Waals surface area contributed by atoms with Crippen LogP contribution < -0.4 is 5.32 Å². The summed E-state index contributed by atoms with van der Waals surface area (Å²) >= 11 is 0. The van der Waals surface area contributed by atoms with Crippen molar-refractivity contribution in [2.24, 2.45) is 0 Å². The highest BCUT2D eigenvalue weighted by Gasteiger charge is 2.18. The standard InChI is InChI=1S/C17H23N5O3/c1-18-17-19-8-13(9-20-17)10-21(2)16(23)14-7-15(25-12-14)11-22-3-5-24-6-4-22/h7-9,12H,3-6,10-11H2,1-2H3,(H,18,19,20). The van der Waals surface area contributed by atoms with Crippen LogP contribution in [0.25, 0.3) is 0 Å². The second-order valence-electron chi connectivity index (χ2n) is 6.02. The Kier molecular flexibility index (Phi) is 5.62. The normalized spacial score (nSPS) is 15.1. The first kappa shape index (κ1) is 17.4. The summed E-state index contributed by atoms with van der Waals surface area (Å²) in [7, 11) is 3.51. The molecule has 1 amide bonds. The van der Waals surface area contributed by atoms with E-state index < -0.39 is 0 Å². The van der Waals surface area contributed by atoms with Crippen LogP contribution in [0, 0.1) is 0 Å². The molecule has 8 nitrogen and oxygen atoms in total. The molecular formula is C17H23N5O3. The number of ether oxygens (including phenoxy) is 1. The third-order valence-corrected chi connectivity index (χ3v) is 4.08. The molecule has 0 aliphatic carbocycles. The van der Waals surface area contributed by atoms with E-state index in [-0.39, 0.29) is 5.91 Å².